The number of halogens is 2. The molecule has 0 saturated carbocycles. The topological polar surface area (TPSA) is 60.8 Å². The number of aliphatic hydroxyl groups is 2. The quantitative estimate of drug-likeness (QED) is 0.820. The minimum Gasteiger partial charge on any atom is -0.390 e. The van der Waals surface area contributed by atoms with Crippen LogP contribution in [0.1, 0.15) is 22.3 Å². The molecule has 1 amide bonds. The summed E-state index contributed by atoms with van der Waals surface area (Å²) < 4.78 is 13.8. The fraction of sp³-hybridized carbons (Fsp3) is 0.462. The van der Waals surface area contributed by atoms with Crippen LogP contribution >= 0.6 is 11.6 Å². The Labute approximate surface area is 115 Å². The first-order chi connectivity index (χ1) is 8.91. The summed E-state index contributed by atoms with van der Waals surface area (Å²) in [7, 11) is 0. The van der Waals surface area contributed by atoms with Crippen molar-refractivity contribution in [2.24, 2.45) is 0 Å². The molecule has 2 N–H and O–H groups in total. The summed E-state index contributed by atoms with van der Waals surface area (Å²) in [5, 5.41) is 19.1. The van der Waals surface area contributed by atoms with E-state index >= 15 is 0 Å². The van der Waals surface area contributed by atoms with E-state index in [2.05, 4.69) is 0 Å². The zero-order valence-corrected chi connectivity index (χ0v) is 11.2. The summed E-state index contributed by atoms with van der Waals surface area (Å²) in [5.74, 6) is -1.24. The fourth-order valence-corrected chi connectivity index (χ4v) is 2.35. The third-order valence-electron chi connectivity index (χ3n) is 3.33. The van der Waals surface area contributed by atoms with Crippen molar-refractivity contribution in [1.29, 1.82) is 0 Å². The number of hydrogen-bond acceptors (Lipinski definition) is 3. The Morgan fingerprint density at radius 1 is 1.42 bits per heavy atom. The fourth-order valence-electron chi connectivity index (χ4n) is 2.11. The summed E-state index contributed by atoms with van der Waals surface area (Å²) in [6.07, 6.45) is -1.59. The lowest BCUT2D eigenvalue weighted by Crippen LogP contribution is -2.49. The molecule has 1 aliphatic rings. The van der Waals surface area contributed by atoms with Crippen LogP contribution in [0.5, 0.6) is 0 Å². The van der Waals surface area contributed by atoms with Gasteiger partial charge in [0.05, 0.1) is 22.8 Å². The van der Waals surface area contributed by atoms with Crippen LogP contribution in [0.15, 0.2) is 12.1 Å². The van der Waals surface area contributed by atoms with Gasteiger partial charge in [-0.1, -0.05) is 17.7 Å². The first-order valence-corrected chi connectivity index (χ1v) is 6.39. The van der Waals surface area contributed by atoms with Crippen LogP contribution in [0.2, 0.25) is 5.02 Å². The average molecular weight is 288 g/mol. The number of hydrogen-bond donors (Lipinski definition) is 2. The molecule has 1 aromatic rings. The molecule has 0 aromatic heterocycles. The molecular formula is C13H15ClFNO3. The molecule has 0 radical (unpaired) electrons. The van der Waals surface area contributed by atoms with Crippen molar-refractivity contribution in [1.82, 2.24) is 4.90 Å². The van der Waals surface area contributed by atoms with Crippen LogP contribution < -0.4 is 0 Å². The highest BCUT2D eigenvalue weighted by molar-refractivity contribution is 6.34. The number of rotatable bonds is 1. The molecule has 4 nitrogen and oxygen atoms in total. The maximum absolute atomic E-state index is 13.8. The molecule has 1 aliphatic heterocycles. The summed E-state index contributed by atoms with van der Waals surface area (Å²) in [5.41, 5.74) is 0.439. The number of aryl methyl sites for hydroxylation is 1. The largest absolute Gasteiger partial charge is 0.390 e. The summed E-state index contributed by atoms with van der Waals surface area (Å²) >= 11 is 5.98. The Bertz CT molecular complexity index is 509. The first kappa shape index (κ1) is 14.2. The number of amides is 1. The number of nitrogens with zero attached hydrogens (tertiary/aromatic N) is 1. The van der Waals surface area contributed by atoms with Crippen molar-refractivity contribution >= 4 is 17.5 Å². The molecule has 1 heterocycles. The van der Waals surface area contributed by atoms with Crippen LogP contribution in [-0.2, 0) is 0 Å². The van der Waals surface area contributed by atoms with Crippen LogP contribution in [0.3, 0.4) is 0 Å². The molecule has 0 aliphatic carbocycles. The zero-order chi connectivity index (χ0) is 14.2. The van der Waals surface area contributed by atoms with Crippen molar-refractivity contribution in [3.63, 3.8) is 0 Å². The second-order valence-corrected chi connectivity index (χ2v) is 5.11. The van der Waals surface area contributed by atoms with Gasteiger partial charge in [0.2, 0.25) is 0 Å². The average Bonchev–Trinajstić information content (AvgIpc) is 2.37. The zero-order valence-electron chi connectivity index (χ0n) is 10.4. The Morgan fingerprint density at radius 2 is 2.11 bits per heavy atom. The van der Waals surface area contributed by atoms with E-state index in [0.29, 0.717) is 5.56 Å². The third-order valence-corrected chi connectivity index (χ3v) is 3.82. The van der Waals surface area contributed by atoms with Crippen LogP contribution in [0.25, 0.3) is 0 Å². The van der Waals surface area contributed by atoms with E-state index < -0.39 is 23.9 Å². The number of likely N-dealkylation sites (tertiary alicyclic amines) is 1. The molecular weight excluding hydrogens is 273 g/mol. The van der Waals surface area contributed by atoms with Gasteiger partial charge in [0.1, 0.15) is 5.82 Å². The molecule has 104 valence electrons. The van der Waals surface area contributed by atoms with E-state index in [-0.39, 0.29) is 30.1 Å². The van der Waals surface area contributed by atoms with Gasteiger partial charge in [0, 0.05) is 13.1 Å². The SMILES string of the molecule is Cc1ccc(F)c(C(=O)N2CC[C@H](O)[C@@H](O)C2)c1Cl. The monoisotopic (exact) mass is 287 g/mol. The third kappa shape index (κ3) is 2.73. The van der Waals surface area contributed by atoms with Crippen molar-refractivity contribution in [2.75, 3.05) is 13.1 Å². The smallest absolute Gasteiger partial charge is 0.258 e. The number of β-amino-alcohol motifs (C(OH)–C–C–N with tert-alkyl or cyclic N) is 1. The van der Waals surface area contributed by atoms with Gasteiger partial charge in [-0.05, 0) is 25.0 Å². The number of benzene rings is 1. The number of piperidine rings is 1. The highest BCUT2D eigenvalue weighted by Gasteiger charge is 2.31. The molecule has 19 heavy (non-hydrogen) atoms. The summed E-state index contributed by atoms with van der Waals surface area (Å²) in [4.78, 5) is 13.6. The summed E-state index contributed by atoms with van der Waals surface area (Å²) in [6, 6.07) is 2.70. The van der Waals surface area contributed by atoms with Gasteiger partial charge in [-0.15, -0.1) is 0 Å². The van der Waals surface area contributed by atoms with Crippen LogP contribution in [-0.4, -0.2) is 46.3 Å². The van der Waals surface area contributed by atoms with Crippen molar-refractivity contribution in [3.8, 4) is 0 Å². The predicted octanol–water partition coefficient (Wildman–Crippen LogP) is 1.36. The van der Waals surface area contributed by atoms with E-state index in [1.165, 1.54) is 17.0 Å². The highest BCUT2D eigenvalue weighted by atomic mass is 35.5. The van der Waals surface area contributed by atoms with Crippen molar-refractivity contribution in [2.45, 2.75) is 25.6 Å². The Morgan fingerprint density at radius 3 is 2.74 bits per heavy atom. The van der Waals surface area contributed by atoms with E-state index in [1.807, 2.05) is 0 Å². The van der Waals surface area contributed by atoms with E-state index in [9.17, 15) is 19.4 Å². The second kappa shape index (κ2) is 5.45. The minimum atomic E-state index is -1.01. The highest BCUT2D eigenvalue weighted by Crippen LogP contribution is 2.26. The lowest BCUT2D eigenvalue weighted by molar-refractivity contribution is -0.0322. The van der Waals surface area contributed by atoms with Crippen LogP contribution in [0, 0.1) is 12.7 Å². The second-order valence-electron chi connectivity index (χ2n) is 4.73. The summed E-state index contributed by atoms with van der Waals surface area (Å²) in [6.45, 7) is 1.93. The van der Waals surface area contributed by atoms with Gasteiger partial charge < -0.3 is 15.1 Å². The van der Waals surface area contributed by atoms with E-state index in [0.717, 1.165) is 0 Å². The number of carbonyl (C=O) groups excluding carboxylic acids is 1. The van der Waals surface area contributed by atoms with Gasteiger partial charge in [0.15, 0.2) is 0 Å². The van der Waals surface area contributed by atoms with Crippen molar-refractivity contribution in [3.05, 3.63) is 34.1 Å². The normalized spacial score (nSPS) is 23.5. The molecule has 0 bridgehead atoms. The van der Waals surface area contributed by atoms with Gasteiger partial charge >= 0.3 is 0 Å². The van der Waals surface area contributed by atoms with Gasteiger partial charge in [-0.3, -0.25) is 4.79 Å². The molecule has 2 atom stereocenters. The molecule has 1 saturated heterocycles. The Kier molecular flexibility index (Phi) is 4.08. The predicted molar refractivity (Wildman–Crippen MR) is 68.7 cm³/mol. The Balaban J connectivity index is 2.28. The van der Waals surface area contributed by atoms with E-state index in [4.69, 9.17) is 11.6 Å². The van der Waals surface area contributed by atoms with Crippen molar-refractivity contribution < 1.29 is 19.4 Å². The Hall–Kier alpha value is -1.17. The lowest BCUT2D eigenvalue weighted by Gasteiger charge is -2.33. The molecule has 1 aromatic carbocycles. The molecule has 6 heteroatoms. The van der Waals surface area contributed by atoms with Gasteiger partial charge in [0.25, 0.3) is 5.91 Å². The number of carbonyl (C=O) groups is 1. The van der Waals surface area contributed by atoms with Crippen LogP contribution in [0.4, 0.5) is 4.39 Å². The maximum Gasteiger partial charge on any atom is 0.258 e. The standard InChI is InChI=1S/C13H15ClFNO3/c1-7-2-3-8(15)11(12(7)14)13(19)16-5-4-9(17)10(18)6-16/h2-3,9-10,17-18H,4-6H2,1H3/t9-,10-/m0/s1. The lowest BCUT2D eigenvalue weighted by atomic mass is 10.0. The molecule has 0 unspecified atom stereocenters. The molecule has 1 fully saturated rings. The maximum atomic E-state index is 13.8. The van der Waals surface area contributed by atoms with Gasteiger partial charge in [-0.2, -0.15) is 0 Å². The van der Waals surface area contributed by atoms with E-state index in [1.54, 1.807) is 6.92 Å². The molecule has 0 spiro atoms. The van der Waals surface area contributed by atoms with Gasteiger partial charge in [-0.25, -0.2) is 4.39 Å². The number of aliphatic hydroxyl groups excluding tert-OH is 2. The first-order valence-electron chi connectivity index (χ1n) is 6.02. The molecule has 2 rings (SSSR count). The minimum absolute atomic E-state index is 0.0241.